The normalized spacial score (nSPS) is 11.2. The molecule has 7 heteroatoms. The second kappa shape index (κ2) is 5.85. The van der Waals surface area contributed by atoms with Crippen LogP contribution in [0.15, 0.2) is 18.2 Å². The average molecular weight is 260 g/mol. The number of methoxy groups -OCH3 is 2. The van der Waals surface area contributed by atoms with E-state index in [1.165, 1.54) is 14.2 Å². The summed E-state index contributed by atoms with van der Waals surface area (Å²) in [7, 11) is -1.33. The van der Waals surface area contributed by atoms with Crippen molar-refractivity contribution in [3.63, 3.8) is 0 Å². The van der Waals surface area contributed by atoms with Gasteiger partial charge in [0.25, 0.3) is 0 Å². The van der Waals surface area contributed by atoms with Crippen molar-refractivity contribution < 1.29 is 22.4 Å². The molecular formula is C10H14NO5S-. The Kier molecular flexibility index (Phi) is 4.73. The predicted octanol–water partition coefficient (Wildman–Crippen LogP) is 0.296. The van der Waals surface area contributed by atoms with Crippen LogP contribution in [0.4, 0.5) is 0 Å². The smallest absolute Gasteiger partial charge is 0.160 e. The molecule has 1 aromatic rings. The number of benzene rings is 1. The van der Waals surface area contributed by atoms with Crippen LogP contribution in [0.25, 0.3) is 0 Å². The first-order valence-electron chi connectivity index (χ1n) is 4.87. The van der Waals surface area contributed by atoms with Crippen LogP contribution in [0.3, 0.4) is 0 Å². The van der Waals surface area contributed by atoms with Crippen molar-refractivity contribution in [2.45, 2.75) is 6.42 Å². The van der Waals surface area contributed by atoms with Crippen LogP contribution < -0.4 is 14.2 Å². The van der Waals surface area contributed by atoms with Crippen molar-refractivity contribution in [1.82, 2.24) is 4.72 Å². The summed E-state index contributed by atoms with van der Waals surface area (Å²) >= 11 is 0. The third-order valence-corrected chi connectivity index (χ3v) is 2.70. The summed E-state index contributed by atoms with van der Waals surface area (Å²) in [6.07, 6.45) is 0.405. The van der Waals surface area contributed by atoms with Crippen molar-refractivity contribution in [3.05, 3.63) is 23.8 Å². The minimum atomic E-state index is -4.38. The van der Waals surface area contributed by atoms with E-state index in [4.69, 9.17) is 9.47 Å². The monoisotopic (exact) mass is 260 g/mol. The molecule has 0 saturated heterocycles. The Morgan fingerprint density at radius 1 is 1.24 bits per heavy atom. The lowest BCUT2D eigenvalue weighted by molar-refractivity contribution is 0.354. The first kappa shape index (κ1) is 13.8. The molecule has 0 saturated carbocycles. The lowest BCUT2D eigenvalue weighted by atomic mass is 10.1. The van der Waals surface area contributed by atoms with Crippen LogP contribution >= 0.6 is 0 Å². The molecule has 0 aliphatic heterocycles. The molecule has 0 atom stereocenters. The average Bonchev–Trinajstić information content (AvgIpc) is 2.27. The molecule has 0 fully saturated rings. The van der Waals surface area contributed by atoms with Crippen LogP contribution in [0.5, 0.6) is 11.5 Å². The third-order valence-electron chi connectivity index (χ3n) is 2.14. The molecule has 17 heavy (non-hydrogen) atoms. The van der Waals surface area contributed by atoms with Gasteiger partial charge in [-0.2, -0.15) is 0 Å². The van der Waals surface area contributed by atoms with Crippen molar-refractivity contribution in [2.75, 3.05) is 20.8 Å². The van der Waals surface area contributed by atoms with E-state index < -0.39 is 10.3 Å². The van der Waals surface area contributed by atoms with Gasteiger partial charge in [0, 0.05) is 6.54 Å². The number of rotatable bonds is 6. The van der Waals surface area contributed by atoms with Gasteiger partial charge in [0.15, 0.2) is 21.8 Å². The van der Waals surface area contributed by atoms with E-state index in [0.717, 1.165) is 5.56 Å². The Hall–Kier alpha value is -1.31. The van der Waals surface area contributed by atoms with Crippen molar-refractivity contribution >= 4 is 10.3 Å². The first-order valence-corrected chi connectivity index (χ1v) is 6.28. The second-order valence-electron chi connectivity index (χ2n) is 3.29. The summed E-state index contributed by atoms with van der Waals surface area (Å²) in [6, 6.07) is 5.23. The van der Waals surface area contributed by atoms with Crippen molar-refractivity contribution in [2.24, 2.45) is 0 Å². The highest BCUT2D eigenvalue weighted by Gasteiger charge is 2.04. The Morgan fingerprint density at radius 3 is 2.41 bits per heavy atom. The fourth-order valence-electron chi connectivity index (χ4n) is 1.36. The third kappa shape index (κ3) is 4.59. The predicted molar refractivity (Wildman–Crippen MR) is 60.9 cm³/mol. The molecule has 0 bridgehead atoms. The topological polar surface area (TPSA) is 87.7 Å². The van der Waals surface area contributed by atoms with Gasteiger partial charge in [-0.15, -0.1) is 0 Å². The largest absolute Gasteiger partial charge is 0.735 e. The Balaban J connectivity index is 2.66. The number of nitrogens with one attached hydrogen (secondary N) is 1. The molecule has 1 N–H and O–H groups in total. The molecule has 0 aliphatic carbocycles. The van der Waals surface area contributed by atoms with Crippen LogP contribution in [-0.4, -0.2) is 33.7 Å². The van der Waals surface area contributed by atoms with Gasteiger partial charge in [-0.3, -0.25) is 0 Å². The van der Waals surface area contributed by atoms with E-state index in [0.29, 0.717) is 17.9 Å². The maximum atomic E-state index is 10.3. The first-order chi connectivity index (χ1) is 7.96. The Bertz CT molecular complexity index is 472. The number of hydrogen-bond acceptors (Lipinski definition) is 5. The van der Waals surface area contributed by atoms with E-state index in [2.05, 4.69) is 0 Å². The van der Waals surface area contributed by atoms with E-state index in [9.17, 15) is 13.0 Å². The van der Waals surface area contributed by atoms with Gasteiger partial charge in [0.05, 0.1) is 14.2 Å². The minimum Gasteiger partial charge on any atom is -0.735 e. The summed E-state index contributed by atoms with van der Waals surface area (Å²) < 4.78 is 43.0. The Morgan fingerprint density at radius 2 is 1.88 bits per heavy atom. The van der Waals surface area contributed by atoms with Gasteiger partial charge >= 0.3 is 0 Å². The van der Waals surface area contributed by atoms with E-state index in [1.54, 1.807) is 18.2 Å². The molecule has 0 aliphatic rings. The Labute approximate surface area is 100 Å². The quantitative estimate of drug-likeness (QED) is 0.743. The highest BCUT2D eigenvalue weighted by atomic mass is 32.2. The van der Waals surface area contributed by atoms with E-state index in [-0.39, 0.29) is 6.54 Å². The van der Waals surface area contributed by atoms with Crippen LogP contribution in [0, 0.1) is 0 Å². The van der Waals surface area contributed by atoms with Crippen LogP contribution in [-0.2, 0) is 16.7 Å². The van der Waals surface area contributed by atoms with Crippen molar-refractivity contribution in [1.29, 1.82) is 0 Å². The SMILES string of the molecule is COc1ccc(CCNS(=O)(=O)[O-])cc1OC. The van der Waals surface area contributed by atoms with E-state index in [1.807, 2.05) is 4.72 Å². The highest BCUT2D eigenvalue weighted by molar-refractivity contribution is 7.83. The molecule has 0 radical (unpaired) electrons. The molecule has 6 nitrogen and oxygen atoms in total. The maximum Gasteiger partial charge on any atom is 0.160 e. The zero-order valence-electron chi connectivity index (χ0n) is 9.60. The van der Waals surface area contributed by atoms with Gasteiger partial charge in [-0.05, 0) is 24.1 Å². The zero-order chi connectivity index (χ0) is 12.9. The van der Waals surface area contributed by atoms with Crippen molar-refractivity contribution in [3.8, 4) is 11.5 Å². The molecule has 0 spiro atoms. The van der Waals surface area contributed by atoms with E-state index >= 15 is 0 Å². The molecular weight excluding hydrogens is 246 g/mol. The number of hydrogen-bond donors (Lipinski definition) is 1. The van der Waals surface area contributed by atoms with Gasteiger partial charge in [0.2, 0.25) is 0 Å². The molecule has 1 rings (SSSR count). The summed E-state index contributed by atoms with van der Waals surface area (Å²) in [5.74, 6) is 1.16. The van der Waals surface area contributed by atoms with Gasteiger partial charge in [-0.1, -0.05) is 6.07 Å². The molecule has 1 aromatic carbocycles. The number of ether oxygens (including phenoxy) is 2. The molecule has 0 amide bonds. The summed E-state index contributed by atoms with van der Waals surface area (Å²) in [6.45, 7) is 0.0569. The standard InChI is InChI=1S/C10H15NO5S/c1-15-9-4-3-8(7-10(9)16-2)5-6-11-17(12,13)14/h3-4,7,11H,5-6H2,1-2H3,(H,12,13,14)/p-1. The van der Waals surface area contributed by atoms with Gasteiger partial charge < -0.3 is 14.0 Å². The van der Waals surface area contributed by atoms with Gasteiger partial charge in [0.1, 0.15) is 0 Å². The molecule has 0 aromatic heterocycles. The molecule has 96 valence electrons. The maximum absolute atomic E-state index is 10.3. The van der Waals surface area contributed by atoms with Crippen LogP contribution in [0.1, 0.15) is 5.56 Å². The highest BCUT2D eigenvalue weighted by Crippen LogP contribution is 2.27. The molecule has 0 heterocycles. The lowest BCUT2D eigenvalue weighted by Crippen LogP contribution is -2.25. The fourth-order valence-corrected chi connectivity index (χ4v) is 1.71. The summed E-state index contributed by atoms with van der Waals surface area (Å²) in [5.41, 5.74) is 0.846. The zero-order valence-corrected chi connectivity index (χ0v) is 10.4. The van der Waals surface area contributed by atoms with Gasteiger partial charge in [-0.25, -0.2) is 13.1 Å². The lowest BCUT2D eigenvalue weighted by Gasteiger charge is -2.11. The minimum absolute atomic E-state index is 0.0569. The fraction of sp³-hybridized carbons (Fsp3) is 0.400. The van der Waals surface area contributed by atoms with Crippen LogP contribution in [0.2, 0.25) is 0 Å². The summed E-state index contributed by atoms with van der Waals surface area (Å²) in [4.78, 5) is 0. The molecule has 0 unspecified atom stereocenters. The second-order valence-corrected chi connectivity index (χ2v) is 4.48. The summed E-state index contributed by atoms with van der Waals surface area (Å²) in [5, 5.41) is 0.